The number of hydrogen-bond acceptors (Lipinski definition) is 5. The maximum Gasteiger partial charge on any atom is 0.223 e. The molecule has 0 N–H and O–H groups in total. The van der Waals surface area contributed by atoms with E-state index in [2.05, 4.69) is 10.1 Å². The molecule has 0 aliphatic carbocycles. The Morgan fingerprint density at radius 1 is 1.14 bits per heavy atom. The Kier molecular flexibility index (Phi) is 3.51. The van der Waals surface area contributed by atoms with Gasteiger partial charge in [0.25, 0.3) is 0 Å². The molecule has 0 aliphatic rings. The van der Waals surface area contributed by atoms with Gasteiger partial charge in [-0.15, -0.1) is 0 Å². The smallest absolute Gasteiger partial charge is 0.223 e. The Morgan fingerprint density at radius 2 is 1.90 bits per heavy atom. The van der Waals surface area contributed by atoms with Crippen LogP contribution in [0.5, 0.6) is 0 Å². The molecule has 2 aromatic heterocycles. The van der Waals surface area contributed by atoms with E-state index in [4.69, 9.17) is 21.1 Å². The van der Waals surface area contributed by atoms with Gasteiger partial charge in [0.1, 0.15) is 5.82 Å². The van der Waals surface area contributed by atoms with Crippen molar-refractivity contribution in [3.8, 4) is 0 Å². The maximum absolute atomic E-state index is 6.17. The molecule has 21 heavy (non-hydrogen) atoms. The van der Waals surface area contributed by atoms with Crippen molar-refractivity contribution >= 4 is 28.3 Å². The van der Waals surface area contributed by atoms with Crippen molar-refractivity contribution in [1.29, 1.82) is 0 Å². The third-order valence-corrected chi connectivity index (χ3v) is 3.78. The number of aryl methyl sites for hydroxylation is 2. The molecule has 6 heteroatoms. The van der Waals surface area contributed by atoms with Gasteiger partial charge in [-0.1, -0.05) is 22.8 Å². The average molecular weight is 303 g/mol. The largest absolute Gasteiger partial charge is 0.352 e. The lowest BCUT2D eigenvalue weighted by Crippen LogP contribution is -2.18. The Labute approximate surface area is 127 Å². The molecule has 0 fully saturated rings. The van der Waals surface area contributed by atoms with E-state index in [0.717, 1.165) is 27.3 Å². The lowest BCUT2D eigenvalue weighted by molar-refractivity contribution is 0.387. The molecule has 0 radical (unpaired) electrons. The van der Waals surface area contributed by atoms with Crippen LogP contribution in [0.3, 0.4) is 0 Å². The minimum atomic E-state index is 0.537. The normalized spacial score (nSPS) is 11.0. The summed E-state index contributed by atoms with van der Waals surface area (Å²) in [6.07, 6.45) is 0. The summed E-state index contributed by atoms with van der Waals surface area (Å²) in [5, 5.41) is 5.70. The minimum Gasteiger partial charge on any atom is -0.352 e. The number of pyridine rings is 1. The highest BCUT2D eigenvalue weighted by Gasteiger charge is 2.10. The van der Waals surface area contributed by atoms with Crippen LogP contribution >= 0.6 is 11.6 Å². The fourth-order valence-electron chi connectivity index (χ4n) is 2.21. The summed E-state index contributed by atoms with van der Waals surface area (Å²) in [7, 11) is 1.94. The van der Waals surface area contributed by atoms with Crippen LogP contribution in [0.25, 0.3) is 10.9 Å². The molecule has 0 aliphatic heterocycles. The van der Waals surface area contributed by atoms with Gasteiger partial charge in [-0.25, -0.2) is 4.98 Å². The second-order valence-electron chi connectivity index (χ2n) is 5.00. The van der Waals surface area contributed by atoms with Crippen LogP contribution < -0.4 is 4.90 Å². The highest BCUT2D eigenvalue weighted by atomic mass is 35.5. The van der Waals surface area contributed by atoms with Crippen LogP contribution in [-0.2, 0) is 6.54 Å². The monoisotopic (exact) mass is 302 g/mol. The van der Waals surface area contributed by atoms with Crippen molar-refractivity contribution in [2.45, 2.75) is 20.4 Å². The molecule has 0 amide bonds. The third kappa shape index (κ3) is 2.69. The summed E-state index contributed by atoms with van der Waals surface area (Å²) in [6.45, 7) is 4.29. The fraction of sp³-hybridized carbons (Fsp3) is 0.267. The van der Waals surface area contributed by atoms with Gasteiger partial charge in [-0.3, -0.25) is 0 Å². The minimum absolute atomic E-state index is 0.537. The van der Waals surface area contributed by atoms with Gasteiger partial charge < -0.3 is 9.42 Å². The van der Waals surface area contributed by atoms with Crippen LogP contribution in [-0.4, -0.2) is 22.2 Å². The molecule has 0 saturated carbocycles. The molecule has 0 bridgehead atoms. The van der Waals surface area contributed by atoms with E-state index in [-0.39, 0.29) is 0 Å². The molecular weight excluding hydrogens is 288 g/mol. The zero-order chi connectivity index (χ0) is 15.0. The molecule has 108 valence electrons. The Balaban J connectivity index is 1.94. The van der Waals surface area contributed by atoms with Gasteiger partial charge in [0.15, 0.2) is 5.82 Å². The first-order chi connectivity index (χ1) is 10.0. The van der Waals surface area contributed by atoms with Crippen molar-refractivity contribution in [1.82, 2.24) is 15.1 Å². The summed E-state index contributed by atoms with van der Waals surface area (Å²) in [4.78, 5) is 10.9. The van der Waals surface area contributed by atoms with Gasteiger partial charge in [0, 0.05) is 24.4 Å². The quantitative estimate of drug-likeness (QED) is 0.741. The lowest BCUT2D eigenvalue weighted by atomic mass is 10.1. The van der Waals surface area contributed by atoms with Crippen molar-refractivity contribution in [2.24, 2.45) is 0 Å². The van der Waals surface area contributed by atoms with Crippen molar-refractivity contribution < 1.29 is 4.52 Å². The van der Waals surface area contributed by atoms with Gasteiger partial charge in [-0.2, -0.15) is 4.98 Å². The number of nitrogens with zero attached hydrogens (tertiary/aromatic N) is 4. The third-order valence-electron chi connectivity index (χ3n) is 3.37. The second-order valence-corrected chi connectivity index (χ2v) is 5.41. The van der Waals surface area contributed by atoms with Crippen LogP contribution in [0.2, 0.25) is 5.02 Å². The molecule has 3 aromatic rings. The highest BCUT2D eigenvalue weighted by Crippen LogP contribution is 2.26. The average Bonchev–Trinajstić information content (AvgIpc) is 2.88. The number of aromatic nitrogens is 3. The molecule has 2 heterocycles. The SMILES string of the molecule is Cc1nc(CN(C)c2ccc3ccc(Cl)c(C)c3n2)no1. The number of rotatable bonds is 3. The molecule has 0 spiro atoms. The Hall–Kier alpha value is -2.14. The van der Waals surface area contributed by atoms with Crippen LogP contribution in [0.1, 0.15) is 17.3 Å². The summed E-state index contributed by atoms with van der Waals surface area (Å²) in [5.74, 6) is 2.04. The van der Waals surface area contributed by atoms with Gasteiger partial charge in [0.2, 0.25) is 5.89 Å². The Morgan fingerprint density at radius 3 is 2.62 bits per heavy atom. The highest BCUT2D eigenvalue weighted by molar-refractivity contribution is 6.32. The van der Waals surface area contributed by atoms with E-state index in [0.29, 0.717) is 18.3 Å². The zero-order valence-electron chi connectivity index (χ0n) is 12.1. The summed E-state index contributed by atoms with van der Waals surface area (Å²) in [5.41, 5.74) is 1.90. The number of benzene rings is 1. The van der Waals surface area contributed by atoms with E-state index >= 15 is 0 Å². The number of fused-ring (bicyclic) bond motifs is 1. The van der Waals surface area contributed by atoms with Crippen molar-refractivity contribution in [2.75, 3.05) is 11.9 Å². The van der Waals surface area contributed by atoms with Crippen molar-refractivity contribution in [3.05, 3.63) is 46.6 Å². The first-order valence-electron chi connectivity index (χ1n) is 6.61. The molecule has 0 unspecified atom stereocenters. The van der Waals surface area contributed by atoms with Gasteiger partial charge in [0.05, 0.1) is 12.1 Å². The predicted molar refractivity (Wildman–Crippen MR) is 82.6 cm³/mol. The van der Waals surface area contributed by atoms with Gasteiger partial charge in [-0.05, 0) is 30.7 Å². The van der Waals surface area contributed by atoms with Gasteiger partial charge >= 0.3 is 0 Å². The first kappa shape index (κ1) is 13.8. The lowest BCUT2D eigenvalue weighted by Gasteiger charge is -2.17. The van der Waals surface area contributed by atoms with E-state index in [9.17, 15) is 0 Å². The van der Waals surface area contributed by atoms with E-state index in [1.807, 2.05) is 43.1 Å². The summed E-state index contributed by atoms with van der Waals surface area (Å²) < 4.78 is 4.98. The first-order valence-corrected chi connectivity index (χ1v) is 6.98. The Bertz CT molecular complexity index is 799. The fourth-order valence-corrected chi connectivity index (χ4v) is 2.36. The van der Waals surface area contributed by atoms with E-state index in [1.165, 1.54) is 0 Å². The van der Waals surface area contributed by atoms with Crippen LogP contribution in [0.15, 0.2) is 28.8 Å². The topological polar surface area (TPSA) is 55.1 Å². The number of hydrogen-bond donors (Lipinski definition) is 0. The molecule has 5 nitrogen and oxygen atoms in total. The molecular formula is C15H15ClN4O. The van der Waals surface area contributed by atoms with Crippen LogP contribution in [0, 0.1) is 13.8 Å². The second kappa shape index (κ2) is 5.33. The summed E-state index contributed by atoms with van der Waals surface area (Å²) >= 11 is 6.17. The molecule has 0 saturated heterocycles. The zero-order valence-corrected chi connectivity index (χ0v) is 12.8. The molecule has 1 aromatic carbocycles. The van der Waals surface area contributed by atoms with Crippen LogP contribution in [0.4, 0.5) is 5.82 Å². The standard InChI is InChI=1S/C15H15ClN4O/c1-9-12(16)6-4-11-5-7-14(18-15(9)11)20(3)8-13-17-10(2)21-19-13/h4-7H,8H2,1-3H3. The molecule has 3 rings (SSSR count). The molecule has 0 atom stereocenters. The number of anilines is 1. The van der Waals surface area contributed by atoms with Crippen molar-refractivity contribution in [3.63, 3.8) is 0 Å². The predicted octanol–water partition coefficient (Wildman–Crippen LogP) is 3.52. The number of halogens is 1. The van der Waals surface area contributed by atoms with E-state index < -0.39 is 0 Å². The van der Waals surface area contributed by atoms with E-state index in [1.54, 1.807) is 6.92 Å². The maximum atomic E-state index is 6.17. The summed E-state index contributed by atoms with van der Waals surface area (Å²) in [6, 6.07) is 7.89.